The molecule has 0 aliphatic carbocycles. The molecule has 5 heteroatoms. The average molecular weight is 240 g/mol. The fourth-order valence-electron chi connectivity index (χ4n) is 1.38. The first-order chi connectivity index (χ1) is 7.61. The van der Waals surface area contributed by atoms with Crippen molar-refractivity contribution in [1.82, 2.24) is 4.98 Å². The van der Waals surface area contributed by atoms with Crippen LogP contribution in [0.3, 0.4) is 0 Å². The van der Waals surface area contributed by atoms with Gasteiger partial charge < -0.3 is 4.74 Å². The van der Waals surface area contributed by atoms with E-state index >= 15 is 0 Å². The summed E-state index contributed by atoms with van der Waals surface area (Å²) < 4.78 is 17.5. The fraction of sp³-hybridized carbons (Fsp3) is 0.0909. The summed E-state index contributed by atoms with van der Waals surface area (Å²) in [5.41, 5.74) is 0.654. The van der Waals surface area contributed by atoms with Gasteiger partial charge in [-0.1, -0.05) is 11.6 Å². The van der Waals surface area contributed by atoms with Crippen LogP contribution in [0.5, 0.6) is 0 Å². The van der Waals surface area contributed by atoms with Gasteiger partial charge in [-0.15, -0.1) is 0 Å². The monoisotopic (exact) mass is 239 g/mol. The van der Waals surface area contributed by atoms with Crippen LogP contribution in [0.15, 0.2) is 24.3 Å². The first-order valence-corrected chi connectivity index (χ1v) is 4.84. The number of hydrogen-bond acceptors (Lipinski definition) is 3. The molecule has 1 heterocycles. The van der Waals surface area contributed by atoms with Gasteiger partial charge in [0, 0.05) is 5.39 Å². The van der Waals surface area contributed by atoms with E-state index in [9.17, 15) is 9.18 Å². The van der Waals surface area contributed by atoms with Gasteiger partial charge in [0.05, 0.1) is 18.2 Å². The number of benzene rings is 1. The highest BCUT2D eigenvalue weighted by Gasteiger charge is 2.13. The van der Waals surface area contributed by atoms with Crippen LogP contribution in [-0.4, -0.2) is 18.1 Å². The van der Waals surface area contributed by atoms with Gasteiger partial charge in [-0.3, -0.25) is 0 Å². The molecule has 0 N–H and O–H groups in total. The van der Waals surface area contributed by atoms with E-state index in [0.717, 1.165) is 0 Å². The highest BCUT2D eigenvalue weighted by atomic mass is 35.5. The molecule has 1 aromatic carbocycles. The molecule has 3 nitrogen and oxygen atoms in total. The predicted molar refractivity (Wildman–Crippen MR) is 58.1 cm³/mol. The maximum atomic E-state index is 13.0. The Morgan fingerprint density at radius 3 is 2.88 bits per heavy atom. The maximum Gasteiger partial charge on any atom is 0.341 e. The van der Waals surface area contributed by atoms with E-state index in [4.69, 9.17) is 11.6 Å². The zero-order valence-corrected chi connectivity index (χ0v) is 9.08. The van der Waals surface area contributed by atoms with Gasteiger partial charge in [0.15, 0.2) is 0 Å². The number of carbonyl (C=O) groups excluding carboxylic acids is 1. The van der Waals surface area contributed by atoms with Crippen LogP contribution in [0.1, 0.15) is 10.4 Å². The number of nitrogens with zero attached hydrogens (tertiary/aromatic N) is 1. The molecule has 2 rings (SSSR count). The van der Waals surface area contributed by atoms with Gasteiger partial charge >= 0.3 is 5.97 Å². The first kappa shape index (κ1) is 10.8. The number of hydrogen-bond donors (Lipinski definition) is 0. The highest BCUT2D eigenvalue weighted by molar-refractivity contribution is 6.32. The van der Waals surface area contributed by atoms with E-state index < -0.39 is 11.8 Å². The SMILES string of the molecule is COC(=O)c1cc2cc(F)ccc2nc1Cl. The summed E-state index contributed by atoms with van der Waals surface area (Å²) in [4.78, 5) is 15.3. The Morgan fingerprint density at radius 2 is 2.19 bits per heavy atom. The predicted octanol–water partition coefficient (Wildman–Crippen LogP) is 2.81. The van der Waals surface area contributed by atoms with Gasteiger partial charge in [0.25, 0.3) is 0 Å². The number of pyridine rings is 1. The van der Waals surface area contributed by atoms with Gasteiger partial charge in [-0.05, 0) is 24.3 Å². The Kier molecular flexibility index (Phi) is 2.75. The summed E-state index contributed by atoms with van der Waals surface area (Å²) in [7, 11) is 1.24. The molecule has 0 unspecified atom stereocenters. The molecule has 82 valence electrons. The summed E-state index contributed by atoms with van der Waals surface area (Å²) in [6.07, 6.45) is 0. The van der Waals surface area contributed by atoms with Crippen LogP contribution >= 0.6 is 11.6 Å². The molecule has 16 heavy (non-hydrogen) atoms. The normalized spacial score (nSPS) is 10.4. The second kappa shape index (κ2) is 4.06. The lowest BCUT2D eigenvalue weighted by molar-refractivity contribution is 0.0600. The molecular formula is C11H7ClFNO2. The van der Waals surface area contributed by atoms with E-state index in [1.54, 1.807) is 0 Å². The molecule has 0 amide bonds. The maximum absolute atomic E-state index is 13.0. The number of ether oxygens (including phenoxy) is 1. The van der Waals surface area contributed by atoms with Crippen LogP contribution < -0.4 is 0 Å². The third-order valence-corrected chi connectivity index (χ3v) is 2.42. The third kappa shape index (κ3) is 1.84. The standard InChI is InChI=1S/C11H7ClFNO2/c1-16-11(15)8-5-6-4-7(13)2-3-9(6)14-10(8)12/h2-5H,1H3. The Bertz CT molecular complexity index is 571. The Labute approximate surface area is 95.8 Å². The molecule has 0 bridgehead atoms. The van der Waals surface area contributed by atoms with Crippen LogP contribution in [0.25, 0.3) is 10.9 Å². The first-order valence-electron chi connectivity index (χ1n) is 4.46. The van der Waals surface area contributed by atoms with Crippen LogP contribution in [-0.2, 0) is 4.74 Å². The number of esters is 1. The van der Waals surface area contributed by atoms with Crippen molar-refractivity contribution >= 4 is 28.5 Å². The third-order valence-electron chi connectivity index (χ3n) is 2.14. The summed E-state index contributed by atoms with van der Waals surface area (Å²) in [6, 6.07) is 5.52. The van der Waals surface area contributed by atoms with Gasteiger partial charge in [0.1, 0.15) is 11.0 Å². The van der Waals surface area contributed by atoms with Crippen LogP contribution in [0, 0.1) is 5.82 Å². The summed E-state index contributed by atoms with van der Waals surface area (Å²) >= 11 is 5.81. The van der Waals surface area contributed by atoms with Gasteiger partial charge in [0.2, 0.25) is 0 Å². The minimum atomic E-state index is -0.594. The molecule has 0 aliphatic rings. The van der Waals surface area contributed by atoms with Crippen molar-refractivity contribution in [3.8, 4) is 0 Å². The minimum Gasteiger partial charge on any atom is -0.465 e. The number of halogens is 2. The van der Waals surface area contributed by atoms with Crippen molar-refractivity contribution in [3.63, 3.8) is 0 Å². The van der Waals surface area contributed by atoms with Crippen molar-refractivity contribution in [1.29, 1.82) is 0 Å². The van der Waals surface area contributed by atoms with Crippen molar-refractivity contribution in [2.24, 2.45) is 0 Å². The zero-order valence-electron chi connectivity index (χ0n) is 8.33. The second-order valence-corrected chi connectivity index (χ2v) is 3.51. The Balaban J connectivity index is 2.68. The van der Waals surface area contributed by atoms with E-state index in [1.807, 2.05) is 0 Å². The number of carbonyl (C=O) groups is 1. The molecule has 0 radical (unpaired) electrons. The molecule has 0 aliphatic heterocycles. The van der Waals surface area contributed by atoms with Crippen molar-refractivity contribution < 1.29 is 13.9 Å². The fourth-order valence-corrected chi connectivity index (χ4v) is 1.60. The quantitative estimate of drug-likeness (QED) is 0.567. The highest BCUT2D eigenvalue weighted by Crippen LogP contribution is 2.21. The molecule has 1 aromatic heterocycles. The number of aromatic nitrogens is 1. The van der Waals surface area contributed by atoms with Crippen molar-refractivity contribution in [2.45, 2.75) is 0 Å². The average Bonchev–Trinajstić information content (AvgIpc) is 2.28. The molecule has 2 aromatic rings. The number of rotatable bonds is 1. The van der Waals surface area contributed by atoms with Gasteiger partial charge in [-0.25, -0.2) is 14.2 Å². The molecule has 0 saturated carbocycles. The zero-order chi connectivity index (χ0) is 11.7. The van der Waals surface area contributed by atoms with E-state index in [0.29, 0.717) is 10.9 Å². The van der Waals surface area contributed by atoms with E-state index in [-0.39, 0.29) is 10.7 Å². The topological polar surface area (TPSA) is 39.2 Å². The summed E-state index contributed by atoms with van der Waals surface area (Å²) in [5, 5.41) is 0.552. The lowest BCUT2D eigenvalue weighted by Crippen LogP contribution is -2.03. The summed E-state index contributed by atoms with van der Waals surface area (Å²) in [5.74, 6) is -0.990. The van der Waals surface area contributed by atoms with Crippen molar-refractivity contribution in [2.75, 3.05) is 7.11 Å². The second-order valence-electron chi connectivity index (χ2n) is 3.16. The largest absolute Gasteiger partial charge is 0.465 e. The van der Waals surface area contributed by atoms with Gasteiger partial charge in [-0.2, -0.15) is 0 Å². The molecular weight excluding hydrogens is 233 g/mol. The molecule has 0 fully saturated rings. The summed E-state index contributed by atoms with van der Waals surface area (Å²) in [6.45, 7) is 0. The number of fused-ring (bicyclic) bond motifs is 1. The van der Waals surface area contributed by atoms with E-state index in [2.05, 4.69) is 9.72 Å². The molecule has 0 atom stereocenters. The Morgan fingerprint density at radius 1 is 1.44 bits per heavy atom. The smallest absolute Gasteiger partial charge is 0.341 e. The lowest BCUT2D eigenvalue weighted by Gasteiger charge is -2.04. The van der Waals surface area contributed by atoms with Crippen LogP contribution in [0.2, 0.25) is 5.15 Å². The van der Waals surface area contributed by atoms with Crippen molar-refractivity contribution in [3.05, 3.63) is 40.8 Å². The Hall–Kier alpha value is -1.68. The minimum absolute atomic E-state index is 0.0472. The molecule has 0 spiro atoms. The van der Waals surface area contributed by atoms with Crippen LogP contribution in [0.4, 0.5) is 4.39 Å². The number of methoxy groups -OCH3 is 1. The van der Waals surface area contributed by atoms with E-state index in [1.165, 1.54) is 31.4 Å². The molecule has 0 saturated heterocycles. The lowest BCUT2D eigenvalue weighted by atomic mass is 10.1.